The van der Waals surface area contributed by atoms with Gasteiger partial charge in [-0.1, -0.05) is 22.9 Å². The molecular formula is C9H9BrN2. The summed E-state index contributed by atoms with van der Waals surface area (Å²) in [5, 5.41) is 2.03. The monoisotopic (exact) mass is 224 g/mol. The van der Waals surface area contributed by atoms with Gasteiger partial charge >= 0.3 is 0 Å². The van der Waals surface area contributed by atoms with Crippen molar-refractivity contribution >= 4 is 15.9 Å². The largest absolute Gasteiger partial charge is 0.256 e. The standard InChI is InChI=1S/C9H9BrN2/c1-2-9-11-7-4-3-6(10)5-8(7)12-9/h3-5,9H,2H2,1H3. The summed E-state index contributed by atoms with van der Waals surface area (Å²) in [4.78, 5) is 8.86. The molecule has 1 unspecified atom stereocenters. The number of rotatable bonds is 1. The number of benzene rings is 1. The van der Waals surface area contributed by atoms with Gasteiger partial charge in [-0.25, -0.2) is 0 Å². The fourth-order valence-corrected chi connectivity index (χ4v) is 1.59. The van der Waals surface area contributed by atoms with Crippen LogP contribution in [0.25, 0.3) is 0 Å². The highest BCUT2D eigenvalue weighted by molar-refractivity contribution is 9.10. The number of halogens is 1. The minimum absolute atomic E-state index is 0.147. The lowest BCUT2D eigenvalue weighted by Crippen LogP contribution is -2.20. The topological polar surface area (TPSA) is 24.7 Å². The number of hydrogen-bond acceptors (Lipinski definition) is 2. The number of hydrogen-bond donors (Lipinski definition) is 0. The molecule has 0 N–H and O–H groups in total. The van der Waals surface area contributed by atoms with Crippen LogP contribution in [0.5, 0.6) is 0 Å². The van der Waals surface area contributed by atoms with Crippen LogP contribution in [0.1, 0.15) is 13.3 Å². The molecule has 0 saturated heterocycles. The van der Waals surface area contributed by atoms with Crippen LogP contribution in [0.3, 0.4) is 0 Å². The molecule has 0 aliphatic carbocycles. The molecule has 0 radical (unpaired) electrons. The minimum atomic E-state index is 0.147. The lowest BCUT2D eigenvalue weighted by atomic mass is 10.3. The first-order valence-electron chi connectivity index (χ1n) is 4.01. The third-order valence-corrected chi connectivity index (χ3v) is 2.37. The van der Waals surface area contributed by atoms with E-state index in [2.05, 4.69) is 32.8 Å². The molecule has 1 aliphatic heterocycles. The summed E-state index contributed by atoms with van der Waals surface area (Å²) < 4.78 is 1.07. The van der Waals surface area contributed by atoms with Gasteiger partial charge in [0.05, 0.1) is 10.7 Å². The van der Waals surface area contributed by atoms with Gasteiger partial charge < -0.3 is 0 Å². The maximum absolute atomic E-state index is 4.43. The van der Waals surface area contributed by atoms with Crippen LogP contribution in [0, 0.1) is 0 Å². The van der Waals surface area contributed by atoms with E-state index in [0.29, 0.717) is 0 Å². The molecule has 2 rings (SSSR count). The van der Waals surface area contributed by atoms with Gasteiger partial charge in [0.1, 0.15) is 6.17 Å². The second-order valence-electron chi connectivity index (χ2n) is 2.78. The summed E-state index contributed by atoms with van der Waals surface area (Å²) >= 11 is 3.41. The van der Waals surface area contributed by atoms with E-state index in [1.54, 1.807) is 0 Å². The molecule has 1 aromatic rings. The molecule has 0 bridgehead atoms. The van der Waals surface area contributed by atoms with Crippen molar-refractivity contribution in [2.24, 2.45) is 9.98 Å². The Kier molecular flexibility index (Phi) is 1.97. The summed E-state index contributed by atoms with van der Waals surface area (Å²) in [6.45, 7) is 2.10. The van der Waals surface area contributed by atoms with Gasteiger partial charge in [-0.3, -0.25) is 9.98 Å². The van der Waals surface area contributed by atoms with Crippen molar-refractivity contribution in [2.45, 2.75) is 19.5 Å². The Morgan fingerprint density at radius 3 is 2.83 bits per heavy atom. The molecule has 0 amide bonds. The van der Waals surface area contributed by atoms with Gasteiger partial charge in [0, 0.05) is 4.47 Å². The predicted molar refractivity (Wildman–Crippen MR) is 50.5 cm³/mol. The van der Waals surface area contributed by atoms with E-state index >= 15 is 0 Å². The maximum Gasteiger partial charge on any atom is 0.140 e. The number of nitrogens with zero attached hydrogens (tertiary/aromatic N) is 2. The Morgan fingerprint density at radius 1 is 1.33 bits per heavy atom. The van der Waals surface area contributed by atoms with Gasteiger partial charge in [-0.05, 0) is 24.6 Å². The Labute approximate surface area is 79.2 Å². The molecule has 0 aromatic heterocycles. The van der Waals surface area contributed by atoms with E-state index < -0.39 is 0 Å². The first-order valence-corrected chi connectivity index (χ1v) is 4.80. The smallest absolute Gasteiger partial charge is 0.140 e. The van der Waals surface area contributed by atoms with Gasteiger partial charge in [0.2, 0.25) is 0 Å². The van der Waals surface area contributed by atoms with Crippen LogP contribution < -0.4 is 10.7 Å². The molecule has 12 heavy (non-hydrogen) atoms. The Bertz CT molecular complexity index is 411. The zero-order valence-electron chi connectivity index (χ0n) is 6.79. The second-order valence-corrected chi connectivity index (χ2v) is 3.70. The second kappa shape index (κ2) is 2.98. The highest BCUT2D eigenvalue weighted by atomic mass is 79.9. The molecule has 0 spiro atoms. The fraction of sp³-hybridized carbons (Fsp3) is 0.333. The molecule has 1 atom stereocenters. The summed E-state index contributed by atoms with van der Waals surface area (Å²) in [7, 11) is 0. The van der Waals surface area contributed by atoms with E-state index in [-0.39, 0.29) is 6.17 Å². The molecule has 1 aliphatic rings. The third-order valence-electron chi connectivity index (χ3n) is 1.88. The highest BCUT2D eigenvalue weighted by Crippen LogP contribution is 2.05. The van der Waals surface area contributed by atoms with Crippen molar-refractivity contribution in [3.05, 3.63) is 33.4 Å². The van der Waals surface area contributed by atoms with Gasteiger partial charge in [0.15, 0.2) is 0 Å². The van der Waals surface area contributed by atoms with Crippen molar-refractivity contribution in [1.82, 2.24) is 0 Å². The lowest BCUT2D eigenvalue weighted by molar-refractivity contribution is 0.682. The van der Waals surface area contributed by atoms with E-state index in [9.17, 15) is 0 Å². The molecule has 3 heteroatoms. The SMILES string of the molecule is CCC1N=c2ccc(Br)cc2=N1. The van der Waals surface area contributed by atoms with Gasteiger partial charge in [0.25, 0.3) is 0 Å². The van der Waals surface area contributed by atoms with E-state index in [0.717, 1.165) is 21.6 Å². The van der Waals surface area contributed by atoms with Gasteiger partial charge in [-0.2, -0.15) is 0 Å². The summed E-state index contributed by atoms with van der Waals surface area (Å²) in [5.41, 5.74) is 0. The summed E-state index contributed by atoms with van der Waals surface area (Å²) in [6, 6.07) is 6.00. The van der Waals surface area contributed by atoms with E-state index in [4.69, 9.17) is 0 Å². The lowest BCUT2D eigenvalue weighted by Gasteiger charge is -1.94. The molecule has 2 nitrogen and oxygen atoms in total. The quantitative estimate of drug-likeness (QED) is 0.690. The Balaban J connectivity index is 2.61. The van der Waals surface area contributed by atoms with Crippen molar-refractivity contribution < 1.29 is 0 Å². The minimum Gasteiger partial charge on any atom is -0.256 e. The average molecular weight is 225 g/mol. The fourth-order valence-electron chi connectivity index (χ4n) is 1.24. The number of fused-ring (bicyclic) bond motifs is 1. The van der Waals surface area contributed by atoms with Crippen LogP contribution in [-0.2, 0) is 0 Å². The Hall–Kier alpha value is -0.700. The normalized spacial score (nSPS) is 19.7. The van der Waals surface area contributed by atoms with E-state index in [1.165, 1.54) is 0 Å². The van der Waals surface area contributed by atoms with Crippen molar-refractivity contribution in [1.29, 1.82) is 0 Å². The third kappa shape index (κ3) is 1.29. The highest BCUT2D eigenvalue weighted by Gasteiger charge is 2.06. The van der Waals surface area contributed by atoms with E-state index in [1.807, 2.05) is 18.2 Å². The first kappa shape index (κ1) is 7.92. The molecular weight excluding hydrogens is 216 g/mol. The van der Waals surface area contributed by atoms with Crippen LogP contribution in [0.2, 0.25) is 0 Å². The van der Waals surface area contributed by atoms with Crippen LogP contribution in [-0.4, -0.2) is 6.17 Å². The average Bonchev–Trinajstić information content (AvgIpc) is 2.46. The predicted octanol–water partition coefficient (Wildman–Crippen LogP) is 1.44. The maximum atomic E-state index is 4.43. The first-order chi connectivity index (χ1) is 5.79. The van der Waals surface area contributed by atoms with Gasteiger partial charge in [-0.15, -0.1) is 0 Å². The molecule has 0 fully saturated rings. The van der Waals surface area contributed by atoms with Crippen molar-refractivity contribution in [3.8, 4) is 0 Å². The van der Waals surface area contributed by atoms with Crippen LogP contribution in [0.15, 0.2) is 32.7 Å². The molecule has 1 aromatic carbocycles. The van der Waals surface area contributed by atoms with Crippen molar-refractivity contribution in [2.75, 3.05) is 0 Å². The zero-order valence-corrected chi connectivity index (χ0v) is 8.37. The summed E-state index contributed by atoms with van der Waals surface area (Å²) in [5.74, 6) is 0. The molecule has 62 valence electrons. The molecule has 0 saturated carbocycles. The van der Waals surface area contributed by atoms with Crippen molar-refractivity contribution in [3.63, 3.8) is 0 Å². The van der Waals surface area contributed by atoms with Crippen LogP contribution >= 0.6 is 15.9 Å². The van der Waals surface area contributed by atoms with Crippen LogP contribution in [0.4, 0.5) is 0 Å². The molecule has 1 heterocycles. The summed E-state index contributed by atoms with van der Waals surface area (Å²) in [6.07, 6.45) is 1.13. The zero-order chi connectivity index (χ0) is 8.55. The Morgan fingerprint density at radius 2 is 2.08 bits per heavy atom.